The summed E-state index contributed by atoms with van der Waals surface area (Å²) in [5.41, 5.74) is 1.46. The molecular formula is C14H11ClN2O2S. The van der Waals surface area contributed by atoms with Gasteiger partial charge in [-0.3, -0.25) is 4.72 Å². The Kier molecular flexibility index (Phi) is 3.98. The number of nitrogens with one attached hydrogen (secondary N) is 1. The number of halogens is 1. The summed E-state index contributed by atoms with van der Waals surface area (Å²) in [6, 6.07) is 12.9. The lowest BCUT2D eigenvalue weighted by atomic mass is 10.2. The highest BCUT2D eigenvalue weighted by Crippen LogP contribution is 2.25. The first-order valence-electron chi connectivity index (χ1n) is 5.71. The fourth-order valence-electron chi connectivity index (χ4n) is 1.65. The van der Waals surface area contributed by atoms with E-state index in [1.54, 1.807) is 12.1 Å². The monoisotopic (exact) mass is 306 g/mol. The van der Waals surface area contributed by atoms with Crippen molar-refractivity contribution < 1.29 is 8.42 Å². The number of sulfonamides is 1. The van der Waals surface area contributed by atoms with E-state index >= 15 is 0 Å². The number of hydrogen-bond acceptors (Lipinski definition) is 3. The molecule has 0 aliphatic carbocycles. The van der Waals surface area contributed by atoms with Crippen LogP contribution in [0.5, 0.6) is 0 Å². The quantitative estimate of drug-likeness (QED) is 0.945. The molecule has 0 fully saturated rings. The molecule has 0 aromatic heterocycles. The van der Waals surface area contributed by atoms with Gasteiger partial charge in [0.05, 0.1) is 27.2 Å². The van der Waals surface area contributed by atoms with E-state index < -0.39 is 10.0 Å². The molecule has 1 N–H and O–H groups in total. The maximum absolute atomic E-state index is 12.2. The lowest BCUT2D eigenvalue weighted by Crippen LogP contribution is -2.13. The average Bonchev–Trinajstić information content (AvgIpc) is 2.41. The maximum Gasteiger partial charge on any atom is 0.261 e. The zero-order valence-corrected chi connectivity index (χ0v) is 12.2. The summed E-state index contributed by atoms with van der Waals surface area (Å²) in [6.45, 7) is 1.81. The van der Waals surface area contributed by atoms with E-state index in [-0.39, 0.29) is 15.6 Å². The van der Waals surface area contributed by atoms with Crippen LogP contribution in [0.2, 0.25) is 5.02 Å². The lowest BCUT2D eigenvalue weighted by molar-refractivity contribution is 0.601. The average molecular weight is 307 g/mol. The number of rotatable bonds is 3. The zero-order chi connectivity index (χ0) is 14.8. The van der Waals surface area contributed by atoms with Gasteiger partial charge in [0.15, 0.2) is 0 Å². The van der Waals surface area contributed by atoms with Gasteiger partial charge in [-0.05, 0) is 42.8 Å². The van der Waals surface area contributed by atoms with Crippen molar-refractivity contribution in [1.82, 2.24) is 0 Å². The van der Waals surface area contributed by atoms with Crippen molar-refractivity contribution in [2.75, 3.05) is 4.72 Å². The van der Waals surface area contributed by atoms with Crippen molar-refractivity contribution >= 4 is 27.3 Å². The van der Waals surface area contributed by atoms with Crippen LogP contribution in [-0.4, -0.2) is 8.42 Å². The van der Waals surface area contributed by atoms with Gasteiger partial charge in [-0.1, -0.05) is 23.7 Å². The highest BCUT2D eigenvalue weighted by atomic mass is 35.5. The summed E-state index contributed by atoms with van der Waals surface area (Å²) < 4.78 is 26.9. The number of hydrogen-bond donors (Lipinski definition) is 1. The molecule has 2 rings (SSSR count). The summed E-state index contributed by atoms with van der Waals surface area (Å²) in [4.78, 5) is 0.165. The fourth-order valence-corrected chi connectivity index (χ4v) is 3.12. The van der Waals surface area contributed by atoms with Crippen molar-refractivity contribution in [2.45, 2.75) is 11.8 Å². The van der Waals surface area contributed by atoms with Gasteiger partial charge >= 0.3 is 0 Å². The summed E-state index contributed by atoms with van der Waals surface area (Å²) in [5.74, 6) is 0. The van der Waals surface area contributed by atoms with Gasteiger partial charge < -0.3 is 0 Å². The van der Waals surface area contributed by atoms with E-state index in [0.29, 0.717) is 5.56 Å². The van der Waals surface area contributed by atoms with Gasteiger partial charge in [-0.15, -0.1) is 0 Å². The van der Waals surface area contributed by atoms with Crippen molar-refractivity contribution in [2.24, 2.45) is 0 Å². The standard InChI is InChI=1S/C14H11ClN2O2S/c1-10-3-2-4-12(7-10)20(18,19)17-14-6-5-11(9-16)8-13(14)15/h2-8,17H,1H3. The van der Waals surface area contributed by atoms with Crippen molar-refractivity contribution in [1.29, 1.82) is 5.26 Å². The van der Waals surface area contributed by atoms with Gasteiger partial charge in [0.1, 0.15) is 0 Å². The van der Waals surface area contributed by atoms with Crippen LogP contribution < -0.4 is 4.72 Å². The van der Waals surface area contributed by atoms with Gasteiger partial charge in [0.2, 0.25) is 0 Å². The molecule has 0 spiro atoms. The van der Waals surface area contributed by atoms with Crippen LogP contribution in [0, 0.1) is 18.3 Å². The van der Waals surface area contributed by atoms with E-state index in [9.17, 15) is 8.42 Å². The van der Waals surface area contributed by atoms with Crippen LogP contribution in [0.4, 0.5) is 5.69 Å². The third kappa shape index (κ3) is 3.10. The maximum atomic E-state index is 12.2. The Bertz CT molecular complexity index is 795. The normalized spacial score (nSPS) is 10.8. The van der Waals surface area contributed by atoms with Crippen LogP contribution >= 0.6 is 11.6 Å². The highest BCUT2D eigenvalue weighted by Gasteiger charge is 2.15. The number of nitriles is 1. The molecule has 2 aromatic carbocycles. The summed E-state index contributed by atoms with van der Waals surface area (Å²) in [7, 11) is -3.70. The Hall–Kier alpha value is -2.03. The molecule has 0 aliphatic heterocycles. The molecule has 0 atom stereocenters. The first kappa shape index (κ1) is 14.4. The van der Waals surface area contributed by atoms with Gasteiger partial charge in [-0.2, -0.15) is 5.26 Å². The zero-order valence-electron chi connectivity index (χ0n) is 10.6. The Balaban J connectivity index is 2.36. The summed E-state index contributed by atoms with van der Waals surface area (Å²) >= 11 is 5.95. The molecule has 102 valence electrons. The van der Waals surface area contributed by atoms with E-state index in [1.807, 2.05) is 19.1 Å². The van der Waals surface area contributed by atoms with Crippen LogP contribution in [0.25, 0.3) is 0 Å². The molecule has 0 amide bonds. The molecule has 0 bridgehead atoms. The first-order chi connectivity index (χ1) is 9.42. The van der Waals surface area contributed by atoms with E-state index in [2.05, 4.69) is 4.72 Å². The minimum absolute atomic E-state index is 0.165. The third-order valence-electron chi connectivity index (χ3n) is 2.64. The molecule has 20 heavy (non-hydrogen) atoms. The second-order valence-corrected chi connectivity index (χ2v) is 6.32. The SMILES string of the molecule is Cc1cccc(S(=O)(=O)Nc2ccc(C#N)cc2Cl)c1. The third-order valence-corrected chi connectivity index (χ3v) is 4.32. The minimum atomic E-state index is -3.70. The number of aryl methyl sites for hydroxylation is 1. The van der Waals surface area contributed by atoms with E-state index in [4.69, 9.17) is 16.9 Å². The van der Waals surface area contributed by atoms with Gasteiger partial charge in [0.25, 0.3) is 10.0 Å². The second kappa shape index (κ2) is 5.53. The topological polar surface area (TPSA) is 70.0 Å². The molecule has 6 heteroatoms. The van der Waals surface area contributed by atoms with Gasteiger partial charge in [0, 0.05) is 0 Å². The predicted molar refractivity (Wildman–Crippen MR) is 78.2 cm³/mol. The molecule has 0 saturated heterocycles. The largest absolute Gasteiger partial charge is 0.278 e. The van der Waals surface area contributed by atoms with Crippen molar-refractivity contribution in [3.8, 4) is 6.07 Å². The Morgan fingerprint density at radius 3 is 2.55 bits per heavy atom. The number of benzene rings is 2. The van der Waals surface area contributed by atoms with Crippen LogP contribution in [-0.2, 0) is 10.0 Å². The molecule has 0 heterocycles. The van der Waals surface area contributed by atoms with Crippen LogP contribution in [0.1, 0.15) is 11.1 Å². The Morgan fingerprint density at radius 1 is 1.20 bits per heavy atom. The number of anilines is 1. The smallest absolute Gasteiger partial charge is 0.261 e. The van der Waals surface area contributed by atoms with Crippen LogP contribution in [0.3, 0.4) is 0 Å². The van der Waals surface area contributed by atoms with Gasteiger partial charge in [-0.25, -0.2) is 8.42 Å². The highest BCUT2D eigenvalue weighted by molar-refractivity contribution is 7.92. The first-order valence-corrected chi connectivity index (χ1v) is 7.57. The van der Waals surface area contributed by atoms with E-state index in [1.165, 1.54) is 24.3 Å². The van der Waals surface area contributed by atoms with E-state index in [0.717, 1.165) is 5.56 Å². The Morgan fingerprint density at radius 2 is 1.95 bits per heavy atom. The molecular weight excluding hydrogens is 296 g/mol. The summed E-state index contributed by atoms with van der Waals surface area (Å²) in [5, 5.41) is 8.93. The fraction of sp³-hybridized carbons (Fsp3) is 0.0714. The molecule has 0 radical (unpaired) electrons. The summed E-state index contributed by atoms with van der Waals surface area (Å²) in [6.07, 6.45) is 0. The Labute approximate surface area is 122 Å². The minimum Gasteiger partial charge on any atom is -0.278 e. The number of nitrogens with zero attached hydrogens (tertiary/aromatic N) is 1. The molecule has 0 unspecified atom stereocenters. The van der Waals surface area contributed by atoms with Crippen molar-refractivity contribution in [3.05, 3.63) is 58.6 Å². The molecule has 4 nitrogen and oxygen atoms in total. The second-order valence-electron chi connectivity index (χ2n) is 4.23. The molecule has 0 aliphatic rings. The lowest BCUT2D eigenvalue weighted by Gasteiger charge is -2.10. The molecule has 0 saturated carbocycles. The predicted octanol–water partition coefficient (Wildman–Crippen LogP) is 3.32. The van der Waals surface area contributed by atoms with Crippen LogP contribution in [0.15, 0.2) is 47.4 Å². The van der Waals surface area contributed by atoms with Crippen molar-refractivity contribution in [3.63, 3.8) is 0 Å². The molecule has 2 aromatic rings.